The van der Waals surface area contributed by atoms with E-state index in [2.05, 4.69) is 31.1 Å². The molecule has 2 atom stereocenters. The fourth-order valence-corrected chi connectivity index (χ4v) is 1.09. The molecule has 0 bridgehead atoms. The molecule has 0 aliphatic carbocycles. The van der Waals surface area contributed by atoms with Crippen LogP contribution in [0.15, 0.2) is 0 Å². The summed E-state index contributed by atoms with van der Waals surface area (Å²) in [5.74, 6) is -0.295. The first kappa shape index (κ1) is 13.4. The second kappa shape index (κ2) is 6.79. The fraction of sp³-hybridized carbons (Fsp3) is 0.900. The summed E-state index contributed by atoms with van der Waals surface area (Å²) in [5, 5.41) is 3.08. The number of carbonyl (C=O) groups is 1. The number of rotatable bonds is 7. The molecule has 4 heteroatoms. The Morgan fingerprint density at radius 3 is 2.50 bits per heavy atom. The summed E-state index contributed by atoms with van der Waals surface area (Å²) in [5.41, 5.74) is 5.12. The standard InChI is InChI=1S/C10H23N3O/c1-5-8(2)13(4)7-6-12-9(3)10(11)14/h8-9,12H,5-7H2,1-4H3,(H2,11,14). The minimum absolute atomic E-state index is 0.236. The number of nitrogens with two attached hydrogens (primary N) is 1. The first-order valence-electron chi connectivity index (χ1n) is 5.22. The third-order valence-corrected chi connectivity index (χ3v) is 2.69. The minimum Gasteiger partial charge on any atom is -0.368 e. The molecule has 0 fully saturated rings. The molecular weight excluding hydrogens is 178 g/mol. The van der Waals surface area contributed by atoms with E-state index in [0.29, 0.717) is 6.04 Å². The van der Waals surface area contributed by atoms with Crippen LogP contribution >= 0.6 is 0 Å². The van der Waals surface area contributed by atoms with Crippen molar-refractivity contribution in [2.24, 2.45) is 5.73 Å². The minimum atomic E-state index is -0.295. The SMILES string of the molecule is CCC(C)N(C)CCNC(C)C(N)=O. The molecule has 0 heterocycles. The number of hydrogen-bond acceptors (Lipinski definition) is 3. The summed E-state index contributed by atoms with van der Waals surface area (Å²) in [4.78, 5) is 13.0. The van der Waals surface area contributed by atoms with Crippen LogP contribution in [0.2, 0.25) is 0 Å². The Morgan fingerprint density at radius 1 is 1.50 bits per heavy atom. The van der Waals surface area contributed by atoms with Gasteiger partial charge in [-0.3, -0.25) is 4.79 Å². The summed E-state index contributed by atoms with van der Waals surface area (Å²) in [7, 11) is 2.09. The molecule has 0 saturated carbocycles. The molecule has 2 unspecified atom stereocenters. The Bertz CT molecular complexity index is 173. The van der Waals surface area contributed by atoms with Crippen molar-refractivity contribution in [3.8, 4) is 0 Å². The zero-order valence-electron chi connectivity index (χ0n) is 9.71. The van der Waals surface area contributed by atoms with E-state index in [9.17, 15) is 4.79 Å². The predicted molar refractivity (Wildman–Crippen MR) is 59.0 cm³/mol. The van der Waals surface area contributed by atoms with E-state index in [4.69, 9.17) is 5.73 Å². The van der Waals surface area contributed by atoms with Gasteiger partial charge in [0.1, 0.15) is 0 Å². The van der Waals surface area contributed by atoms with Gasteiger partial charge in [-0.15, -0.1) is 0 Å². The lowest BCUT2D eigenvalue weighted by Crippen LogP contribution is -2.43. The van der Waals surface area contributed by atoms with E-state index in [0.717, 1.165) is 19.5 Å². The number of carbonyl (C=O) groups excluding carboxylic acids is 1. The van der Waals surface area contributed by atoms with Gasteiger partial charge in [-0.2, -0.15) is 0 Å². The van der Waals surface area contributed by atoms with Gasteiger partial charge in [0, 0.05) is 19.1 Å². The summed E-state index contributed by atoms with van der Waals surface area (Å²) in [6.45, 7) is 7.88. The maximum Gasteiger partial charge on any atom is 0.234 e. The lowest BCUT2D eigenvalue weighted by molar-refractivity contribution is -0.119. The quantitative estimate of drug-likeness (QED) is 0.618. The maximum absolute atomic E-state index is 10.7. The van der Waals surface area contributed by atoms with Gasteiger partial charge in [-0.1, -0.05) is 6.92 Å². The van der Waals surface area contributed by atoms with E-state index >= 15 is 0 Å². The molecule has 0 aromatic heterocycles. The van der Waals surface area contributed by atoms with Gasteiger partial charge < -0.3 is 16.0 Å². The number of amides is 1. The molecule has 0 radical (unpaired) electrons. The second-order valence-electron chi connectivity index (χ2n) is 3.82. The first-order valence-corrected chi connectivity index (χ1v) is 5.22. The van der Waals surface area contributed by atoms with Crippen LogP contribution in [-0.4, -0.2) is 43.0 Å². The summed E-state index contributed by atoms with van der Waals surface area (Å²) < 4.78 is 0. The van der Waals surface area contributed by atoms with E-state index in [1.165, 1.54) is 0 Å². The van der Waals surface area contributed by atoms with Crippen molar-refractivity contribution >= 4 is 5.91 Å². The Balaban J connectivity index is 3.58. The molecule has 3 N–H and O–H groups in total. The van der Waals surface area contributed by atoms with Crippen LogP contribution in [0, 0.1) is 0 Å². The van der Waals surface area contributed by atoms with Crippen molar-refractivity contribution in [2.45, 2.75) is 39.3 Å². The first-order chi connectivity index (χ1) is 6.49. The Morgan fingerprint density at radius 2 is 2.07 bits per heavy atom. The fourth-order valence-electron chi connectivity index (χ4n) is 1.09. The lowest BCUT2D eigenvalue weighted by Gasteiger charge is -2.24. The molecule has 0 aliphatic heterocycles. The number of hydrogen-bond donors (Lipinski definition) is 2. The van der Waals surface area contributed by atoms with Gasteiger partial charge in [0.15, 0.2) is 0 Å². The van der Waals surface area contributed by atoms with Gasteiger partial charge in [0.2, 0.25) is 5.91 Å². The van der Waals surface area contributed by atoms with Crippen molar-refractivity contribution in [2.75, 3.05) is 20.1 Å². The lowest BCUT2D eigenvalue weighted by atomic mass is 10.2. The number of likely N-dealkylation sites (N-methyl/N-ethyl adjacent to an activating group) is 1. The smallest absolute Gasteiger partial charge is 0.234 e. The average molecular weight is 201 g/mol. The Labute approximate surface area is 86.8 Å². The van der Waals surface area contributed by atoms with Crippen molar-refractivity contribution < 1.29 is 4.79 Å². The molecule has 0 aliphatic rings. The molecule has 0 aromatic rings. The summed E-state index contributed by atoms with van der Waals surface area (Å²) in [6, 6.07) is 0.348. The van der Waals surface area contributed by atoms with Crippen LogP contribution in [0.25, 0.3) is 0 Å². The zero-order valence-corrected chi connectivity index (χ0v) is 9.71. The van der Waals surface area contributed by atoms with E-state index < -0.39 is 0 Å². The van der Waals surface area contributed by atoms with E-state index in [-0.39, 0.29) is 11.9 Å². The second-order valence-corrected chi connectivity index (χ2v) is 3.82. The third-order valence-electron chi connectivity index (χ3n) is 2.69. The predicted octanol–water partition coefficient (Wildman–Crippen LogP) is 0.180. The molecule has 84 valence electrons. The van der Waals surface area contributed by atoms with Crippen LogP contribution in [0.3, 0.4) is 0 Å². The highest BCUT2D eigenvalue weighted by molar-refractivity contribution is 5.79. The Kier molecular flexibility index (Phi) is 6.49. The highest BCUT2D eigenvalue weighted by Crippen LogP contribution is 1.98. The number of nitrogens with one attached hydrogen (secondary N) is 1. The van der Waals surface area contributed by atoms with Crippen LogP contribution in [0.5, 0.6) is 0 Å². The Hall–Kier alpha value is -0.610. The van der Waals surface area contributed by atoms with Gasteiger partial charge in [0.25, 0.3) is 0 Å². The third kappa shape index (κ3) is 5.19. The van der Waals surface area contributed by atoms with Gasteiger partial charge in [-0.05, 0) is 27.3 Å². The highest BCUT2D eigenvalue weighted by Gasteiger charge is 2.09. The largest absolute Gasteiger partial charge is 0.368 e. The summed E-state index contributed by atoms with van der Waals surface area (Å²) >= 11 is 0. The van der Waals surface area contributed by atoms with Crippen LogP contribution in [0.4, 0.5) is 0 Å². The topological polar surface area (TPSA) is 58.4 Å². The van der Waals surface area contributed by atoms with Gasteiger partial charge in [0.05, 0.1) is 6.04 Å². The number of primary amides is 1. The van der Waals surface area contributed by atoms with Gasteiger partial charge >= 0.3 is 0 Å². The average Bonchev–Trinajstić information content (AvgIpc) is 2.15. The maximum atomic E-state index is 10.7. The molecule has 1 amide bonds. The number of nitrogens with zero attached hydrogens (tertiary/aromatic N) is 1. The van der Waals surface area contributed by atoms with E-state index in [1.54, 1.807) is 6.92 Å². The molecule has 4 nitrogen and oxygen atoms in total. The summed E-state index contributed by atoms with van der Waals surface area (Å²) in [6.07, 6.45) is 1.14. The van der Waals surface area contributed by atoms with E-state index in [1.807, 2.05) is 0 Å². The normalized spacial score (nSPS) is 15.5. The van der Waals surface area contributed by atoms with Crippen molar-refractivity contribution in [3.63, 3.8) is 0 Å². The molecular formula is C10H23N3O. The highest BCUT2D eigenvalue weighted by atomic mass is 16.1. The molecule has 14 heavy (non-hydrogen) atoms. The molecule has 0 aromatic carbocycles. The zero-order chi connectivity index (χ0) is 11.1. The molecule has 0 spiro atoms. The van der Waals surface area contributed by atoms with Gasteiger partial charge in [-0.25, -0.2) is 0 Å². The van der Waals surface area contributed by atoms with Crippen LogP contribution in [-0.2, 0) is 4.79 Å². The van der Waals surface area contributed by atoms with Crippen LogP contribution < -0.4 is 11.1 Å². The van der Waals surface area contributed by atoms with Crippen LogP contribution in [0.1, 0.15) is 27.2 Å². The molecule has 0 rings (SSSR count). The van der Waals surface area contributed by atoms with Crippen molar-refractivity contribution in [1.82, 2.24) is 10.2 Å². The monoisotopic (exact) mass is 201 g/mol. The molecule has 0 saturated heterocycles. The van der Waals surface area contributed by atoms with Crippen molar-refractivity contribution in [1.29, 1.82) is 0 Å². The van der Waals surface area contributed by atoms with Crippen molar-refractivity contribution in [3.05, 3.63) is 0 Å².